The van der Waals surface area contributed by atoms with Gasteiger partial charge in [-0.1, -0.05) is 23.7 Å². The maximum atomic E-state index is 12.1. The fourth-order valence-electron chi connectivity index (χ4n) is 1.94. The molecule has 0 fully saturated rings. The van der Waals surface area contributed by atoms with Crippen LogP contribution in [0.1, 0.15) is 6.42 Å². The molecule has 0 unspecified atom stereocenters. The standard InChI is InChI=1S/C16H17ClN2O3S2/c1-23-14-6-3-5-13(11-14)19-16(20)8-9-18-24(21,22)15-7-2-4-12(17)10-15/h2-7,10-11,18H,8-9H2,1H3,(H,19,20). The number of thioether (sulfide) groups is 1. The van der Waals surface area contributed by atoms with Gasteiger partial charge in [-0.05, 0) is 42.7 Å². The normalized spacial score (nSPS) is 11.2. The fraction of sp³-hybridized carbons (Fsp3) is 0.188. The van der Waals surface area contributed by atoms with E-state index in [2.05, 4.69) is 10.0 Å². The highest BCUT2D eigenvalue weighted by Gasteiger charge is 2.14. The largest absolute Gasteiger partial charge is 0.326 e. The molecule has 2 aromatic carbocycles. The summed E-state index contributed by atoms with van der Waals surface area (Å²) in [7, 11) is -3.68. The summed E-state index contributed by atoms with van der Waals surface area (Å²) in [5.74, 6) is -0.262. The summed E-state index contributed by atoms with van der Waals surface area (Å²) in [5, 5.41) is 3.08. The van der Waals surface area contributed by atoms with E-state index >= 15 is 0 Å². The molecule has 0 radical (unpaired) electrons. The van der Waals surface area contributed by atoms with E-state index in [-0.39, 0.29) is 23.8 Å². The lowest BCUT2D eigenvalue weighted by atomic mass is 10.3. The first kappa shape index (κ1) is 18.8. The van der Waals surface area contributed by atoms with Gasteiger partial charge in [0.15, 0.2) is 0 Å². The van der Waals surface area contributed by atoms with E-state index in [4.69, 9.17) is 11.6 Å². The predicted molar refractivity (Wildman–Crippen MR) is 98.1 cm³/mol. The van der Waals surface area contributed by atoms with Crippen LogP contribution in [0.4, 0.5) is 5.69 Å². The van der Waals surface area contributed by atoms with E-state index in [1.54, 1.807) is 30.0 Å². The van der Waals surface area contributed by atoms with Crippen molar-refractivity contribution in [3.63, 3.8) is 0 Å². The van der Waals surface area contributed by atoms with Crippen molar-refractivity contribution in [2.45, 2.75) is 16.2 Å². The van der Waals surface area contributed by atoms with Crippen molar-refractivity contribution in [1.82, 2.24) is 4.72 Å². The van der Waals surface area contributed by atoms with E-state index in [0.29, 0.717) is 10.7 Å². The zero-order valence-corrected chi connectivity index (χ0v) is 15.3. The Morgan fingerprint density at radius 3 is 2.62 bits per heavy atom. The van der Waals surface area contributed by atoms with Gasteiger partial charge < -0.3 is 5.32 Å². The van der Waals surface area contributed by atoms with Crippen molar-refractivity contribution in [3.8, 4) is 0 Å². The fourth-order valence-corrected chi connectivity index (χ4v) is 3.73. The highest BCUT2D eigenvalue weighted by Crippen LogP contribution is 2.19. The first-order valence-corrected chi connectivity index (χ1v) is 10.2. The molecule has 2 aromatic rings. The second kappa shape index (κ2) is 8.53. The molecule has 0 aliphatic carbocycles. The molecule has 5 nitrogen and oxygen atoms in total. The van der Waals surface area contributed by atoms with Crippen molar-refractivity contribution in [1.29, 1.82) is 0 Å². The van der Waals surface area contributed by atoms with Crippen molar-refractivity contribution in [2.24, 2.45) is 0 Å². The van der Waals surface area contributed by atoms with Gasteiger partial charge in [0.2, 0.25) is 15.9 Å². The molecule has 0 aromatic heterocycles. The van der Waals surface area contributed by atoms with Crippen molar-refractivity contribution >= 4 is 45.0 Å². The maximum Gasteiger partial charge on any atom is 0.240 e. The zero-order chi connectivity index (χ0) is 17.6. The van der Waals surface area contributed by atoms with Crippen LogP contribution in [0.3, 0.4) is 0 Å². The molecule has 0 heterocycles. The molecule has 0 bridgehead atoms. The molecule has 0 saturated carbocycles. The Labute approximate surface area is 150 Å². The average Bonchev–Trinajstić information content (AvgIpc) is 2.55. The Balaban J connectivity index is 1.88. The number of carbonyl (C=O) groups is 1. The van der Waals surface area contributed by atoms with Gasteiger partial charge in [-0.25, -0.2) is 13.1 Å². The van der Waals surface area contributed by atoms with Gasteiger partial charge >= 0.3 is 0 Å². The van der Waals surface area contributed by atoms with Crippen LogP contribution in [-0.2, 0) is 14.8 Å². The predicted octanol–water partition coefficient (Wildman–Crippen LogP) is 3.37. The number of anilines is 1. The monoisotopic (exact) mass is 384 g/mol. The lowest BCUT2D eigenvalue weighted by Gasteiger charge is -2.08. The maximum absolute atomic E-state index is 12.1. The van der Waals surface area contributed by atoms with Crippen LogP contribution in [0, 0.1) is 0 Å². The molecule has 0 aliphatic rings. The molecule has 1 amide bonds. The highest BCUT2D eigenvalue weighted by atomic mass is 35.5. The summed E-state index contributed by atoms with van der Waals surface area (Å²) in [6.45, 7) is 0.00288. The molecule has 8 heteroatoms. The summed E-state index contributed by atoms with van der Waals surface area (Å²) in [5.41, 5.74) is 0.685. The molecule has 0 aliphatic heterocycles. The average molecular weight is 385 g/mol. The van der Waals surface area contributed by atoms with E-state index in [1.165, 1.54) is 12.1 Å². The molecule has 2 rings (SSSR count). The third kappa shape index (κ3) is 5.52. The molecular formula is C16H17ClN2O3S2. The third-order valence-electron chi connectivity index (χ3n) is 3.10. The van der Waals surface area contributed by atoms with Crippen LogP contribution in [0.5, 0.6) is 0 Å². The summed E-state index contributed by atoms with van der Waals surface area (Å²) >= 11 is 7.37. The first-order chi connectivity index (χ1) is 11.4. The van der Waals surface area contributed by atoms with E-state index in [0.717, 1.165) is 4.90 Å². The number of nitrogens with one attached hydrogen (secondary N) is 2. The van der Waals surface area contributed by atoms with E-state index in [9.17, 15) is 13.2 Å². The van der Waals surface area contributed by atoms with Gasteiger partial charge in [-0.2, -0.15) is 0 Å². The van der Waals surface area contributed by atoms with Crippen LogP contribution in [0.2, 0.25) is 5.02 Å². The van der Waals surface area contributed by atoms with Crippen LogP contribution in [-0.4, -0.2) is 27.1 Å². The number of hydrogen-bond donors (Lipinski definition) is 2. The van der Waals surface area contributed by atoms with Gasteiger partial charge in [-0.3, -0.25) is 4.79 Å². The van der Waals surface area contributed by atoms with Gasteiger partial charge in [0.25, 0.3) is 0 Å². The lowest BCUT2D eigenvalue weighted by Crippen LogP contribution is -2.27. The van der Waals surface area contributed by atoms with Crippen molar-refractivity contribution in [2.75, 3.05) is 18.1 Å². The van der Waals surface area contributed by atoms with E-state index < -0.39 is 10.0 Å². The van der Waals surface area contributed by atoms with Gasteiger partial charge in [-0.15, -0.1) is 11.8 Å². The minimum Gasteiger partial charge on any atom is -0.326 e. The van der Waals surface area contributed by atoms with Gasteiger partial charge in [0.1, 0.15) is 0 Å². The van der Waals surface area contributed by atoms with Crippen LogP contribution >= 0.6 is 23.4 Å². The quantitative estimate of drug-likeness (QED) is 0.717. The number of carbonyl (C=O) groups excluding carboxylic acids is 1. The summed E-state index contributed by atoms with van der Waals surface area (Å²) < 4.78 is 26.6. The Bertz CT molecular complexity index is 826. The molecule has 2 N–H and O–H groups in total. The van der Waals surface area contributed by atoms with Crippen molar-refractivity contribution < 1.29 is 13.2 Å². The lowest BCUT2D eigenvalue weighted by molar-refractivity contribution is -0.116. The third-order valence-corrected chi connectivity index (χ3v) is 5.52. The first-order valence-electron chi connectivity index (χ1n) is 7.10. The second-order valence-electron chi connectivity index (χ2n) is 4.89. The Morgan fingerprint density at radius 2 is 1.92 bits per heavy atom. The number of halogens is 1. The molecule has 0 saturated heterocycles. The number of rotatable bonds is 7. The smallest absolute Gasteiger partial charge is 0.240 e. The SMILES string of the molecule is CSc1cccc(NC(=O)CCNS(=O)(=O)c2cccc(Cl)c2)c1. The molecular weight excluding hydrogens is 368 g/mol. The van der Waals surface area contributed by atoms with Crippen LogP contribution in [0.25, 0.3) is 0 Å². The second-order valence-corrected chi connectivity index (χ2v) is 7.97. The topological polar surface area (TPSA) is 75.3 Å². The summed E-state index contributed by atoms with van der Waals surface area (Å²) in [4.78, 5) is 13.0. The zero-order valence-electron chi connectivity index (χ0n) is 13.0. The van der Waals surface area contributed by atoms with Gasteiger partial charge in [0, 0.05) is 28.6 Å². The molecule has 128 valence electrons. The number of amides is 1. The van der Waals surface area contributed by atoms with Crippen LogP contribution < -0.4 is 10.0 Å². The minimum absolute atomic E-state index is 0.00288. The molecule has 0 spiro atoms. The molecule has 0 atom stereocenters. The summed E-state index contributed by atoms with van der Waals surface area (Å²) in [6, 6.07) is 13.4. The minimum atomic E-state index is -3.68. The number of benzene rings is 2. The van der Waals surface area contributed by atoms with E-state index in [1.807, 2.05) is 24.5 Å². The summed E-state index contributed by atoms with van der Waals surface area (Å²) in [6.07, 6.45) is 1.98. The number of hydrogen-bond acceptors (Lipinski definition) is 4. The Morgan fingerprint density at radius 1 is 1.17 bits per heavy atom. The van der Waals surface area contributed by atoms with Gasteiger partial charge in [0.05, 0.1) is 4.90 Å². The Kier molecular flexibility index (Phi) is 6.68. The molecule has 24 heavy (non-hydrogen) atoms. The van der Waals surface area contributed by atoms with Crippen molar-refractivity contribution in [3.05, 3.63) is 53.6 Å². The highest BCUT2D eigenvalue weighted by molar-refractivity contribution is 7.98. The Hall–Kier alpha value is -1.54. The van der Waals surface area contributed by atoms with Crippen LogP contribution in [0.15, 0.2) is 58.3 Å². The number of sulfonamides is 1.